The minimum atomic E-state index is -0.182. The van der Waals surface area contributed by atoms with Crippen molar-refractivity contribution in [3.8, 4) is 0 Å². The highest BCUT2D eigenvalue weighted by Gasteiger charge is 2.29. The molecule has 3 rings (SSSR count). The van der Waals surface area contributed by atoms with Gasteiger partial charge in [0, 0.05) is 18.5 Å². The number of aromatic nitrogens is 1. The number of hydrogen-bond donors (Lipinski definition) is 0. The van der Waals surface area contributed by atoms with Crippen molar-refractivity contribution in [2.75, 3.05) is 11.4 Å². The monoisotopic (exact) mass is 256 g/mol. The van der Waals surface area contributed by atoms with Crippen molar-refractivity contribution < 1.29 is 14.1 Å². The van der Waals surface area contributed by atoms with Crippen LogP contribution in [0.2, 0.25) is 0 Å². The Balaban J connectivity index is 2.04. The van der Waals surface area contributed by atoms with Gasteiger partial charge in [-0.25, -0.2) is 0 Å². The minimum absolute atomic E-state index is 0.0710. The molecule has 2 aromatic rings. The van der Waals surface area contributed by atoms with Crippen LogP contribution in [0.25, 0.3) is 0 Å². The van der Waals surface area contributed by atoms with Crippen molar-refractivity contribution in [1.82, 2.24) is 5.16 Å². The number of carbonyl (C=O) groups is 2. The smallest absolute Gasteiger partial charge is 0.263 e. The summed E-state index contributed by atoms with van der Waals surface area (Å²) in [6.07, 6.45) is 1.75. The Hall–Kier alpha value is -2.43. The number of amides is 1. The molecule has 5 nitrogen and oxygen atoms in total. The zero-order valence-corrected chi connectivity index (χ0v) is 10.4. The molecular formula is C14H12N2O3. The summed E-state index contributed by atoms with van der Waals surface area (Å²) >= 11 is 0. The predicted octanol–water partition coefficient (Wildman–Crippen LogP) is 2.22. The van der Waals surface area contributed by atoms with Crippen LogP contribution in [0.3, 0.4) is 0 Å². The van der Waals surface area contributed by atoms with Crippen LogP contribution in [-0.2, 0) is 0 Å². The van der Waals surface area contributed by atoms with Gasteiger partial charge in [0.1, 0.15) is 11.3 Å². The number of fused-ring (bicyclic) bond motifs is 1. The standard InChI is InChI=1S/C14H12N2O3/c1-9-11(8-15-19-9)14(18)16-7-6-13(17)10-4-2-3-5-12(10)16/h2-5,8H,6-7H2,1H3. The van der Waals surface area contributed by atoms with Gasteiger partial charge in [-0.1, -0.05) is 17.3 Å². The maximum Gasteiger partial charge on any atom is 0.263 e. The molecular weight excluding hydrogens is 244 g/mol. The van der Waals surface area contributed by atoms with E-state index in [1.165, 1.54) is 6.20 Å². The van der Waals surface area contributed by atoms with E-state index in [1.807, 2.05) is 6.07 Å². The van der Waals surface area contributed by atoms with Crippen molar-refractivity contribution in [1.29, 1.82) is 0 Å². The summed E-state index contributed by atoms with van der Waals surface area (Å²) in [6, 6.07) is 7.15. The lowest BCUT2D eigenvalue weighted by molar-refractivity contribution is 0.0954. The van der Waals surface area contributed by atoms with E-state index in [0.717, 1.165) is 0 Å². The first-order chi connectivity index (χ1) is 9.18. The van der Waals surface area contributed by atoms with Gasteiger partial charge in [0.2, 0.25) is 0 Å². The number of para-hydroxylation sites is 1. The molecule has 1 amide bonds. The average molecular weight is 256 g/mol. The van der Waals surface area contributed by atoms with Gasteiger partial charge in [-0.3, -0.25) is 9.59 Å². The first-order valence-electron chi connectivity index (χ1n) is 6.04. The van der Waals surface area contributed by atoms with Gasteiger partial charge in [-0.15, -0.1) is 0 Å². The zero-order valence-electron chi connectivity index (χ0n) is 10.4. The van der Waals surface area contributed by atoms with E-state index in [0.29, 0.717) is 35.5 Å². The second kappa shape index (κ2) is 4.35. The van der Waals surface area contributed by atoms with Crippen molar-refractivity contribution in [2.24, 2.45) is 0 Å². The maximum atomic E-state index is 12.5. The van der Waals surface area contributed by atoms with Crippen LogP contribution in [0.4, 0.5) is 5.69 Å². The molecule has 0 fully saturated rings. The summed E-state index contributed by atoms with van der Waals surface area (Å²) in [7, 11) is 0. The predicted molar refractivity (Wildman–Crippen MR) is 68.3 cm³/mol. The molecule has 0 saturated heterocycles. The number of nitrogens with zero attached hydrogens (tertiary/aromatic N) is 2. The van der Waals surface area contributed by atoms with Crippen LogP contribution in [-0.4, -0.2) is 23.4 Å². The number of aryl methyl sites for hydroxylation is 1. The van der Waals surface area contributed by atoms with Crippen LogP contribution < -0.4 is 4.90 Å². The Labute approximate surface area is 109 Å². The van der Waals surface area contributed by atoms with Gasteiger partial charge < -0.3 is 9.42 Å². The zero-order chi connectivity index (χ0) is 13.4. The normalized spacial score (nSPS) is 14.4. The second-order valence-electron chi connectivity index (χ2n) is 4.44. The maximum absolute atomic E-state index is 12.5. The van der Waals surface area contributed by atoms with Crippen LogP contribution in [0.1, 0.15) is 32.9 Å². The number of anilines is 1. The lowest BCUT2D eigenvalue weighted by Gasteiger charge is -2.28. The third-order valence-corrected chi connectivity index (χ3v) is 3.28. The van der Waals surface area contributed by atoms with Gasteiger partial charge in [0.25, 0.3) is 5.91 Å². The topological polar surface area (TPSA) is 63.4 Å². The molecule has 0 aliphatic carbocycles. The fourth-order valence-electron chi connectivity index (χ4n) is 2.27. The Morgan fingerprint density at radius 3 is 2.89 bits per heavy atom. The van der Waals surface area contributed by atoms with E-state index in [4.69, 9.17) is 4.52 Å². The molecule has 0 unspecified atom stereocenters. The average Bonchev–Trinajstić information content (AvgIpc) is 2.85. The Bertz CT molecular complexity index is 660. The molecule has 1 aliphatic heterocycles. The highest BCUT2D eigenvalue weighted by Crippen LogP contribution is 2.28. The number of hydrogen-bond acceptors (Lipinski definition) is 4. The highest BCUT2D eigenvalue weighted by molar-refractivity contribution is 6.13. The molecule has 0 atom stereocenters. The fraction of sp³-hybridized carbons (Fsp3) is 0.214. The number of ketones is 1. The first-order valence-corrected chi connectivity index (χ1v) is 6.04. The molecule has 0 spiro atoms. The van der Waals surface area contributed by atoms with Gasteiger partial charge in [-0.2, -0.15) is 0 Å². The van der Waals surface area contributed by atoms with E-state index in [1.54, 1.807) is 30.0 Å². The molecule has 0 N–H and O–H groups in total. The van der Waals surface area contributed by atoms with Crippen molar-refractivity contribution in [3.05, 3.63) is 47.3 Å². The Kier molecular flexibility index (Phi) is 2.67. The summed E-state index contributed by atoms with van der Waals surface area (Å²) in [4.78, 5) is 25.9. The van der Waals surface area contributed by atoms with E-state index in [-0.39, 0.29) is 11.7 Å². The summed E-state index contributed by atoms with van der Waals surface area (Å²) < 4.78 is 4.92. The van der Waals surface area contributed by atoms with Crippen LogP contribution in [0, 0.1) is 6.92 Å². The molecule has 1 aromatic carbocycles. The van der Waals surface area contributed by atoms with E-state index in [2.05, 4.69) is 5.16 Å². The molecule has 19 heavy (non-hydrogen) atoms. The lowest BCUT2D eigenvalue weighted by atomic mass is 10.00. The quantitative estimate of drug-likeness (QED) is 0.784. The lowest BCUT2D eigenvalue weighted by Crippen LogP contribution is -2.37. The Morgan fingerprint density at radius 1 is 1.37 bits per heavy atom. The van der Waals surface area contributed by atoms with E-state index < -0.39 is 0 Å². The van der Waals surface area contributed by atoms with Crippen LogP contribution in [0.15, 0.2) is 35.0 Å². The summed E-state index contributed by atoms with van der Waals surface area (Å²) in [6.45, 7) is 2.08. The van der Waals surface area contributed by atoms with E-state index >= 15 is 0 Å². The van der Waals surface area contributed by atoms with Crippen LogP contribution in [0.5, 0.6) is 0 Å². The highest BCUT2D eigenvalue weighted by atomic mass is 16.5. The van der Waals surface area contributed by atoms with Gasteiger partial charge in [0.15, 0.2) is 5.78 Å². The van der Waals surface area contributed by atoms with Crippen molar-refractivity contribution in [2.45, 2.75) is 13.3 Å². The molecule has 5 heteroatoms. The van der Waals surface area contributed by atoms with Gasteiger partial charge in [-0.05, 0) is 19.1 Å². The van der Waals surface area contributed by atoms with Crippen molar-refractivity contribution >= 4 is 17.4 Å². The fourth-order valence-corrected chi connectivity index (χ4v) is 2.27. The van der Waals surface area contributed by atoms with Crippen LogP contribution >= 0.6 is 0 Å². The van der Waals surface area contributed by atoms with Gasteiger partial charge in [0.05, 0.1) is 11.9 Å². The third-order valence-electron chi connectivity index (χ3n) is 3.28. The largest absolute Gasteiger partial charge is 0.361 e. The molecule has 0 saturated carbocycles. The molecule has 1 aromatic heterocycles. The van der Waals surface area contributed by atoms with Gasteiger partial charge >= 0.3 is 0 Å². The second-order valence-corrected chi connectivity index (χ2v) is 4.44. The molecule has 0 radical (unpaired) electrons. The third kappa shape index (κ3) is 1.83. The summed E-state index contributed by atoms with van der Waals surface area (Å²) in [5.74, 6) is 0.375. The van der Waals surface area contributed by atoms with E-state index in [9.17, 15) is 9.59 Å². The molecule has 1 aliphatic rings. The van der Waals surface area contributed by atoms with Crippen molar-refractivity contribution in [3.63, 3.8) is 0 Å². The minimum Gasteiger partial charge on any atom is -0.361 e. The summed E-state index contributed by atoms with van der Waals surface area (Å²) in [5.41, 5.74) is 1.68. The SMILES string of the molecule is Cc1oncc1C(=O)N1CCC(=O)c2ccccc21. The number of benzene rings is 1. The first kappa shape index (κ1) is 11.6. The Morgan fingerprint density at radius 2 is 2.16 bits per heavy atom. The number of rotatable bonds is 1. The molecule has 2 heterocycles. The molecule has 0 bridgehead atoms. The number of Topliss-reactive ketones (excluding diaryl/α,β-unsaturated/α-hetero) is 1. The molecule has 96 valence electrons. The summed E-state index contributed by atoms with van der Waals surface area (Å²) in [5, 5.41) is 3.62. The number of carbonyl (C=O) groups excluding carboxylic acids is 2.